The lowest BCUT2D eigenvalue weighted by Gasteiger charge is -2.13. The van der Waals surface area contributed by atoms with Gasteiger partial charge in [-0.1, -0.05) is 33.6 Å². The van der Waals surface area contributed by atoms with E-state index in [0.717, 1.165) is 0 Å². The van der Waals surface area contributed by atoms with Crippen molar-refractivity contribution in [3.05, 3.63) is 0 Å². The molecule has 0 amide bonds. The summed E-state index contributed by atoms with van der Waals surface area (Å²) in [4.78, 5) is 0. The number of rotatable bonds is 4. The molecule has 0 aliphatic carbocycles. The van der Waals surface area contributed by atoms with Crippen molar-refractivity contribution in [3.63, 3.8) is 0 Å². The second-order valence-corrected chi connectivity index (χ2v) is 3.05. The van der Waals surface area contributed by atoms with E-state index in [1.165, 1.54) is 19.3 Å². The zero-order chi connectivity index (χ0) is 7.28. The summed E-state index contributed by atoms with van der Waals surface area (Å²) in [6.45, 7) is 6.56. The van der Waals surface area contributed by atoms with Gasteiger partial charge >= 0.3 is 0 Å². The van der Waals surface area contributed by atoms with Crippen LogP contribution in [0.4, 0.5) is 0 Å². The van der Waals surface area contributed by atoms with E-state index in [1.807, 2.05) is 0 Å². The normalized spacial score (nSPS) is 14.3. The molecule has 0 aliphatic heterocycles. The molecule has 0 radical (unpaired) electrons. The van der Waals surface area contributed by atoms with E-state index < -0.39 is 0 Å². The Morgan fingerprint density at radius 1 is 1.33 bits per heavy atom. The first-order valence-electron chi connectivity index (χ1n) is 3.94. The van der Waals surface area contributed by atoms with Crippen molar-refractivity contribution >= 4 is 0 Å². The van der Waals surface area contributed by atoms with Crippen molar-refractivity contribution in [3.8, 4) is 0 Å². The maximum Gasteiger partial charge on any atom is 0.00618 e. The smallest absolute Gasteiger partial charge is 0.00618 e. The SMILES string of the molecule is CCCC[C@H](N)C(C)C. The highest BCUT2D eigenvalue weighted by Crippen LogP contribution is 2.06. The van der Waals surface area contributed by atoms with E-state index in [0.29, 0.717) is 12.0 Å². The molecule has 0 aromatic rings. The Morgan fingerprint density at radius 3 is 2.22 bits per heavy atom. The zero-order valence-electron chi connectivity index (χ0n) is 6.85. The first-order valence-corrected chi connectivity index (χ1v) is 3.94. The quantitative estimate of drug-likeness (QED) is 0.618. The van der Waals surface area contributed by atoms with E-state index in [1.54, 1.807) is 0 Å². The molecule has 0 unspecified atom stereocenters. The molecule has 0 saturated heterocycles. The molecule has 2 N–H and O–H groups in total. The highest BCUT2D eigenvalue weighted by molar-refractivity contribution is 4.63. The summed E-state index contributed by atoms with van der Waals surface area (Å²) in [7, 11) is 0. The van der Waals surface area contributed by atoms with Crippen molar-refractivity contribution in [2.45, 2.75) is 46.1 Å². The second-order valence-electron chi connectivity index (χ2n) is 3.05. The summed E-state index contributed by atoms with van der Waals surface area (Å²) >= 11 is 0. The topological polar surface area (TPSA) is 26.0 Å². The molecule has 0 fully saturated rings. The standard InChI is InChI=1S/C8H19N/c1-4-5-6-8(9)7(2)3/h7-8H,4-6,9H2,1-3H3/t8-/m0/s1. The molecule has 1 atom stereocenters. The molecule has 0 aliphatic rings. The summed E-state index contributed by atoms with van der Waals surface area (Å²) in [5.74, 6) is 0.650. The van der Waals surface area contributed by atoms with Gasteiger partial charge in [-0.2, -0.15) is 0 Å². The molecule has 0 rings (SSSR count). The van der Waals surface area contributed by atoms with Crippen molar-refractivity contribution < 1.29 is 0 Å². The number of hydrogen-bond donors (Lipinski definition) is 1. The van der Waals surface area contributed by atoms with Crippen molar-refractivity contribution in [1.29, 1.82) is 0 Å². The third kappa shape index (κ3) is 4.46. The minimum Gasteiger partial charge on any atom is -0.327 e. The van der Waals surface area contributed by atoms with Crippen LogP contribution in [0.2, 0.25) is 0 Å². The Morgan fingerprint density at radius 2 is 1.89 bits per heavy atom. The molecular weight excluding hydrogens is 110 g/mol. The lowest BCUT2D eigenvalue weighted by molar-refractivity contribution is 0.450. The fraction of sp³-hybridized carbons (Fsp3) is 1.00. The minimum absolute atomic E-state index is 0.421. The lowest BCUT2D eigenvalue weighted by Crippen LogP contribution is -2.25. The monoisotopic (exact) mass is 129 g/mol. The fourth-order valence-electron chi connectivity index (χ4n) is 0.773. The Kier molecular flexibility index (Phi) is 4.78. The zero-order valence-corrected chi connectivity index (χ0v) is 6.85. The fourth-order valence-corrected chi connectivity index (χ4v) is 0.773. The summed E-state index contributed by atoms with van der Waals surface area (Å²) in [6, 6.07) is 0.421. The lowest BCUT2D eigenvalue weighted by atomic mass is 10.00. The molecule has 9 heavy (non-hydrogen) atoms. The van der Waals surface area contributed by atoms with Crippen LogP contribution in [0, 0.1) is 5.92 Å². The molecule has 1 nitrogen and oxygen atoms in total. The number of nitrogens with two attached hydrogens (primary N) is 1. The minimum atomic E-state index is 0.421. The van der Waals surface area contributed by atoms with Crippen molar-refractivity contribution in [2.75, 3.05) is 0 Å². The van der Waals surface area contributed by atoms with E-state index in [2.05, 4.69) is 20.8 Å². The van der Waals surface area contributed by atoms with Crippen LogP contribution in [-0.2, 0) is 0 Å². The highest BCUT2D eigenvalue weighted by Gasteiger charge is 2.04. The largest absolute Gasteiger partial charge is 0.327 e. The number of hydrogen-bond acceptors (Lipinski definition) is 1. The van der Waals surface area contributed by atoms with Crippen LogP contribution in [0.25, 0.3) is 0 Å². The van der Waals surface area contributed by atoms with Gasteiger partial charge in [0, 0.05) is 6.04 Å². The van der Waals surface area contributed by atoms with Gasteiger partial charge in [0.1, 0.15) is 0 Å². The predicted molar refractivity (Wildman–Crippen MR) is 42.3 cm³/mol. The maximum atomic E-state index is 5.80. The third-order valence-corrected chi connectivity index (χ3v) is 1.75. The molecule has 1 heteroatoms. The van der Waals surface area contributed by atoms with Crippen LogP contribution < -0.4 is 5.73 Å². The van der Waals surface area contributed by atoms with E-state index in [-0.39, 0.29) is 0 Å². The average molecular weight is 129 g/mol. The Balaban J connectivity index is 3.16. The van der Waals surface area contributed by atoms with Gasteiger partial charge < -0.3 is 5.73 Å². The van der Waals surface area contributed by atoms with E-state index in [9.17, 15) is 0 Å². The van der Waals surface area contributed by atoms with Crippen molar-refractivity contribution in [2.24, 2.45) is 11.7 Å². The molecule has 56 valence electrons. The highest BCUT2D eigenvalue weighted by atomic mass is 14.6. The number of unbranched alkanes of at least 4 members (excludes halogenated alkanes) is 1. The molecule has 0 saturated carbocycles. The molecule has 0 spiro atoms. The van der Waals surface area contributed by atoms with Crippen molar-refractivity contribution in [1.82, 2.24) is 0 Å². The molecule has 0 bridgehead atoms. The van der Waals surface area contributed by atoms with Crippen LogP contribution in [0.5, 0.6) is 0 Å². The summed E-state index contributed by atoms with van der Waals surface area (Å²) in [5.41, 5.74) is 5.80. The first-order chi connectivity index (χ1) is 4.18. The Labute approximate surface area is 58.6 Å². The van der Waals surface area contributed by atoms with Crippen LogP contribution in [0.3, 0.4) is 0 Å². The Hall–Kier alpha value is -0.0400. The average Bonchev–Trinajstić information content (AvgIpc) is 1.82. The van der Waals surface area contributed by atoms with Gasteiger partial charge in [0.25, 0.3) is 0 Å². The van der Waals surface area contributed by atoms with Gasteiger partial charge in [0.2, 0.25) is 0 Å². The summed E-state index contributed by atoms with van der Waals surface area (Å²) < 4.78 is 0. The van der Waals surface area contributed by atoms with Crippen LogP contribution in [-0.4, -0.2) is 6.04 Å². The van der Waals surface area contributed by atoms with Crippen LogP contribution in [0.15, 0.2) is 0 Å². The predicted octanol–water partition coefficient (Wildman–Crippen LogP) is 2.16. The van der Waals surface area contributed by atoms with Crippen LogP contribution >= 0.6 is 0 Å². The first kappa shape index (κ1) is 8.96. The van der Waals surface area contributed by atoms with Gasteiger partial charge in [0.15, 0.2) is 0 Å². The van der Waals surface area contributed by atoms with Gasteiger partial charge in [-0.05, 0) is 12.3 Å². The van der Waals surface area contributed by atoms with Gasteiger partial charge in [-0.25, -0.2) is 0 Å². The van der Waals surface area contributed by atoms with E-state index >= 15 is 0 Å². The molecular formula is C8H19N. The Bertz CT molecular complexity index is 59.6. The van der Waals surface area contributed by atoms with Gasteiger partial charge in [0.05, 0.1) is 0 Å². The second kappa shape index (κ2) is 4.80. The van der Waals surface area contributed by atoms with Crippen LogP contribution in [0.1, 0.15) is 40.0 Å². The van der Waals surface area contributed by atoms with Gasteiger partial charge in [-0.3, -0.25) is 0 Å². The molecule has 0 aromatic carbocycles. The summed E-state index contributed by atoms with van der Waals surface area (Å²) in [6.07, 6.45) is 3.73. The third-order valence-electron chi connectivity index (χ3n) is 1.75. The summed E-state index contributed by atoms with van der Waals surface area (Å²) in [5, 5.41) is 0. The van der Waals surface area contributed by atoms with Gasteiger partial charge in [-0.15, -0.1) is 0 Å². The van der Waals surface area contributed by atoms with E-state index in [4.69, 9.17) is 5.73 Å². The molecule has 0 aromatic heterocycles. The molecule has 0 heterocycles. The maximum absolute atomic E-state index is 5.80.